The topological polar surface area (TPSA) is 42.7 Å². The van der Waals surface area contributed by atoms with Crippen molar-refractivity contribution in [3.05, 3.63) is 60.3 Å². The number of nitrogens with zero attached hydrogens (tertiary/aromatic N) is 3. The Morgan fingerprint density at radius 1 is 1.19 bits per heavy atom. The molecule has 4 nitrogen and oxygen atoms in total. The first-order valence-corrected chi connectivity index (χ1v) is 7.40. The molecule has 3 aromatic rings. The summed E-state index contributed by atoms with van der Waals surface area (Å²) < 4.78 is 2.14. The van der Waals surface area contributed by atoms with Crippen molar-refractivity contribution in [1.82, 2.24) is 19.9 Å². The number of fused-ring (bicyclic) bond motifs is 1. The lowest BCUT2D eigenvalue weighted by molar-refractivity contribution is 0.709. The van der Waals surface area contributed by atoms with Crippen molar-refractivity contribution in [2.75, 3.05) is 13.1 Å². The largest absolute Gasteiger partial charge is 0.333 e. The maximum absolute atomic E-state index is 4.46. The molecule has 0 saturated carbocycles. The number of pyridine rings is 1. The molecule has 0 aliphatic carbocycles. The molecule has 2 heterocycles. The molecule has 0 fully saturated rings. The maximum Gasteiger partial charge on any atom is 0.0952 e. The molecule has 108 valence electrons. The Morgan fingerprint density at radius 3 is 3.05 bits per heavy atom. The standard InChI is InChI=1S/C17H20N4/c1-2-18-9-7-16-12-21(13-20-16)11-14-5-6-17-15(10-14)4-3-8-19-17/h3-6,8,10,12-13,18H,2,7,9,11H2,1H3. The van der Waals surface area contributed by atoms with Crippen LogP contribution in [0.2, 0.25) is 0 Å². The average Bonchev–Trinajstić information content (AvgIpc) is 2.95. The average molecular weight is 280 g/mol. The number of hydrogen-bond acceptors (Lipinski definition) is 3. The fourth-order valence-corrected chi connectivity index (χ4v) is 2.45. The molecule has 0 spiro atoms. The van der Waals surface area contributed by atoms with Crippen LogP contribution in [-0.2, 0) is 13.0 Å². The van der Waals surface area contributed by atoms with Crippen molar-refractivity contribution in [2.45, 2.75) is 19.9 Å². The number of nitrogens with one attached hydrogen (secondary N) is 1. The van der Waals surface area contributed by atoms with Crippen molar-refractivity contribution in [2.24, 2.45) is 0 Å². The first-order valence-electron chi connectivity index (χ1n) is 7.40. The van der Waals surface area contributed by atoms with Gasteiger partial charge in [-0.05, 0) is 30.3 Å². The second-order valence-corrected chi connectivity index (χ2v) is 5.17. The van der Waals surface area contributed by atoms with Gasteiger partial charge >= 0.3 is 0 Å². The Balaban J connectivity index is 1.70. The SMILES string of the molecule is CCNCCc1cn(Cc2ccc3ncccc3c2)cn1. The lowest BCUT2D eigenvalue weighted by Gasteiger charge is -2.04. The van der Waals surface area contributed by atoms with Crippen LogP contribution in [0.1, 0.15) is 18.2 Å². The van der Waals surface area contributed by atoms with Crippen molar-refractivity contribution in [1.29, 1.82) is 0 Å². The van der Waals surface area contributed by atoms with Crippen molar-refractivity contribution in [3.8, 4) is 0 Å². The van der Waals surface area contributed by atoms with E-state index in [9.17, 15) is 0 Å². The number of imidazole rings is 1. The summed E-state index contributed by atoms with van der Waals surface area (Å²) in [6, 6.07) is 10.5. The number of benzene rings is 1. The van der Waals surface area contributed by atoms with Crippen LogP contribution in [0.3, 0.4) is 0 Å². The van der Waals surface area contributed by atoms with Gasteiger partial charge in [-0.15, -0.1) is 0 Å². The minimum absolute atomic E-state index is 0.846. The van der Waals surface area contributed by atoms with Gasteiger partial charge in [-0.1, -0.05) is 19.1 Å². The van der Waals surface area contributed by atoms with Crippen LogP contribution in [0.4, 0.5) is 0 Å². The van der Waals surface area contributed by atoms with Gasteiger partial charge in [0.15, 0.2) is 0 Å². The van der Waals surface area contributed by atoms with Gasteiger partial charge in [-0.3, -0.25) is 4.98 Å². The van der Waals surface area contributed by atoms with Gasteiger partial charge in [0, 0.05) is 37.3 Å². The molecule has 0 aliphatic heterocycles. The maximum atomic E-state index is 4.46. The monoisotopic (exact) mass is 280 g/mol. The quantitative estimate of drug-likeness (QED) is 0.706. The van der Waals surface area contributed by atoms with Crippen LogP contribution in [-0.4, -0.2) is 27.6 Å². The molecule has 1 N–H and O–H groups in total. The Morgan fingerprint density at radius 2 is 2.14 bits per heavy atom. The fourth-order valence-electron chi connectivity index (χ4n) is 2.45. The Bertz CT molecular complexity index is 717. The van der Waals surface area contributed by atoms with E-state index in [1.807, 2.05) is 18.6 Å². The van der Waals surface area contributed by atoms with Crippen LogP contribution in [0, 0.1) is 0 Å². The molecule has 21 heavy (non-hydrogen) atoms. The van der Waals surface area contributed by atoms with Crippen molar-refractivity contribution in [3.63, 3.8) is 0 Å². The summed E-state index contributed by atoms with van der Waals surface area (Å²) in [6.45, 7) is 4.95. The summed E-state index contributed by atoms with van der Waals surface area (Å²) in [7, 11) is 0. The van der Waals surface area contributed by atoms with Gasteiger partial charge in [0.2, 0.25) is 0 Å². The summed E-state index contributed by atoms with van der Waals surface area (Å²) in [4.78, 5) is 8.81. The summed E-state index contributed by atoms with van der Waals surface area (Å²) >= 11 is 0. The van der Waals surface area contributed by atoms with E-state index in [0.29, 0.717) is 0 Å². The zero-order chi connectivity index (χ0) is 14.5. The third kappa shape index (κ3) is 3.47. The summed E-state index contributed by atoms with van der Waals surface area (Å²) in [6.07, 6.45) is 6.84. The van der Waals surface area contributed by atoms with Crippen LogP contribution in [0.25, 0.3) is 10.9 Å². The van der Waals surface area contributed by atoms with E-state index >= 15 is 0 Å². The lowest BCUT2D eigenvalue weighted by atomic mass is 10.1. The van der Waals surface area contributed by atoms with Gasteiger partial charge in [0.1, 0.15) is 0 Å². The predicted molar refractivity (Wildman–Crippen MR) is 85.3 cm³/mol. The zero-order valence-corrected chi connectivity index (χ0v) is 12.3. The van der Waals surface area contributed by atoms with E-state index in [1.54, 1.807) is 0 Å². The molecule has 0 bridgehead atoms. The number of rotatable bonds is 6. The summed E-state index contributed by atoms with van der Waals surface area (Å²) in [5, 5.41) is 4.50. The third-order valence-electron chi connectivity index (χ3n) is 3.53. The van der Waals surface area contributed by atoms with E-state index in [0.717, 1.165) is 37.3 Å². The van der Waals surface area contributed by atoms with Crippen LogP contribution >= 0.6 is 0 Å². The molecule has 4 heteroatoms. The van der Waals surface area contributed by atoms with Crippen molar-refractivity contribution >= 4 is 10.9 Å². The van der Waals surface area contributed by atoms with E-state index in [1.165, 1.54) is 10.9 Å². The smallest absolute Gasteiger partial charge is 0.0952 e. The molecular formula is C17H20N4. The molecule has 0 amide bonds. The second-order valence-electron chi connectivity index (χ2n) is 5.17. The lowest BCUT2D eigenvalue weighted by Crippen LogP contribution is -2.16. The highest BCUT2D eigenvalue weighted by atomic mass is 15.0. The first-order chi connectivity index (χ1) is 10.3. The Labute approximate surface area is 124 Å². The van der Waals surface area contributed by atoms with Gasteiger partial charge in [-0.25, -0.2) is 4.98 Å². The molecule has 0 radical (unpaired) electrons. The molecule has 0 atom stereocenters. The third-order valence-corrected chi connectivity index (χ3v) is 3.53. The van der Waals surface area contributed by atoms with E-state index in [-0.39, 0.29) is 0 Å². The minimum atomic E-state index is 0.846. The van der Waals surface area contributed by atoms with Gasteiger partial charge in [-0.2, -0.15) is 0 Å². The zero-order valence-electron chi connectivity index (χ0n) is 12.3. The van der Waals surface area contributed by atoms with E-state index < -0.39 is 0 Å². The van der Waals surface area contributed by atoms with Crippen LogP contribution < -0.4 is 5.32 Å². The predicted octanol–water partition coefficient (Wildman–Crippen LogP) is 2.63. The highest BCUT2D eigenvalue weighted by Crippen LogP contribution is 2.14. The molecule has 0 aliphatic rings. The summed E-state index contributed by atoms with van der Waals surface area (Å²) in [5.74, 6) is 0. The van der Waals surface area contributed by atoms with Crippen molar-refractivity contribution < 1.29 is 0 Å². The molecule has 2 aromatic heterocycles. The number of hydrogen-bond donors (Lipinski definition) is 1. The number of likely N-dealkylation sites (N-methyl/N-ethyl adjacent to an activating group) is 1. The highest BCUT2D eigenvalue weighted by molar-refractivity contribution is 5.78. The Hall–Kier alpha value is -2.20. The normalized spacial score (nSPS) is 11.1. The molecule has 1 aromatic carbocycles. The molecular weight excluding hydrogens is 260 g/mol. The van der Waals surface area contributed by atoms with Gasteiger partial charge in [0.25, 0.3) is 0 Å². The first kappa shape index (κ1) is 13.8. The van der Waals surface area contributed by atoms with Gasteiger partial charge < -0.3 is 9.88 Å². The van der Waals surface area contributed by atoms with E-state index in [4.69, 9.17) is 0 Å². The van der Waals surface area contributed by atoms with Crippen LogP contribution in [0.15, 0.2) is 49.1 Å². The summed E-state index contributed by atoms with van der Waals surface area (Å²) in [5.41, 5.74) is 3.45. The Kier molecular flexibility index (Phi) is 4.26. The molecule has 3 rings (SSSR count). The second kappa shape index (κ2) is 6.50. The van der Waals surface area contributed by atoms with E-state index in [2.05, 4.69) is 57.2 Å². The fraction of sp³-hybridized carbons (Fsp3) is 0.294. The molecule has 0 saturated heterocycles. The number of aromatic nitrogens is 3. The minimum Gasteiger partial charge on any atom is -0.333 e. The highest BCUT2D eigenvalue weighted by Gasteiger charge is 2.01. The molecule has 0 unspecified atom stereocenters. The van der Waals surface area contributed by atoms with Gasteiger partial charge in [0.05, 0.1) is 17.5 Å². The van der Waals surface area contributed by atoms with Crippen LogP contribution in [0.5, 0.6) is 0 Å².